The van der Waals surface area contributed by atoms with E-state index in [-0.39, 0.29) is 37.0 Å². The van der Waals surface area contributed by atoms with Gasteiger partial charge in [-0.1, -0.05) is 49.3 Å². The summed E-state index contributed by atoms with van der Waals surface area (Å²) in [6.45, 7) is 5.88. The molecule has 0 saturated carbocycles. The number of rotatable bonds is 16. The highest BCUT2D eigenvalue weighted by Crippen LogP contribution is 2.29. The van der Waals surface area contributed by atoms with Crippen LogP contribution >= 0.6 is 0 Å². The molecule has 0 spiro atoms. The Morgan fingerprint density at radius 3 is 2.23 bits per heavy atom. The van der Waals surface area contributed by atoms with Crippen molar-refractivity contribution in [2.45, 2.75) is 63.9 Å². The molecule has 40 heavy (non-hydrogen) atoms. The summed E-state index contributed by atoms with van der Waals surface area (Å²) in [4.78, 5) is 52.7. The zero-order valence-electron chi connectivity index (χ0n) is 23.5. The maximum Gasteiger partial charge on any atom is 0.274 e. The number of hydrogen-bond acceptors (Lipinski definition) is 9. The summed E-state index contributed by atoms with van der Waals surface area (Å²) in [7, 11) is 2.86. The standard InChI is InChI=1S/C28H38N4O8/c1-17(2)11-20(24(33)28(3)16-39-28)29-25(34)21(12-18-9-7-6-8-10-18)30-27(36)23(15-38-5)31-26(35)22-13-19(14-37-4)40-32-22/h6-10,13,17,20-21,23H,11-12,14-16H2,1-5H3,(H,29,34)(H,30,36)(H,31,35). The Bertz CT molecular complexity index is 1160. The number of benzene rings is 1. The van der Waals surface area contributed by atoms with Gasteiger partial charge in [0.2, 0.25) is 11.8 Å². The molecule has 1 aliphatic heterocycles. The average Bonchev–Trinajstić information content (AvgIpc) is 3.49. The van der Waals surface area contributed by atoms with Crippen molar-refractivity contribution in [3.05, 3.63) is 53.4 Å². The molecule has 1 saturated heterocycles. The molecular weight excluding hydrogens is 520 g/mol. The third-order valence-corrected chi connectivity index (χ3v) is 6.39. The molecule has 1 aromatic carbocycles. The van der Waals surface area contributed by atoms with Gasteiger partial charge in [0, 0.05) is 26.7 Å². The summed E-state index contributed by atoms with van der Waals surface area (Å²) in [5.74, 6) is -1.56. The van der Waals surface area contributed by atoms with E-state index in [4.69, 9.17) is 18.7 Å². The predicted molar refractivity (Wildman–Crippen MR) is 143 cm³/mol. The molecule has 2 aromatic rings. The molecule has 12 heteroatoms. The van der Waals surface area contributed by atoms with Crippen molar-refractivity contribution < 1.29 is 37.9 Å². The molecule has 3 amide bonds. The first-order valence-corrected chi connectivity index (χ1v) is 13.1. The van der Waals surface area contributed by atoms with Crippen LogP contribution in [0.4, 0.5) is 0 Å². The lowest BCUT2D eigenvalue weighted by Gasteiger charge is -2.26. The SMILES string of the molecule is COCc1cc(C(=O)NC(COC)C(=O)NC(Cc2ccccc2)C(=O)NC(CC(C)C)C(=O)C2(C)CO2)no1. The minimum atomic E-state index is -1.14. The molecule has 4 unspecified atom stereocenters. The second kappa shape index (κ2) is 14.1. The summed E-state index contributed by atoms with van der Waals surface area (Å²) in [6, 6.07) is 7.60. The van der Waals surface area contributed by atoms with E-state index in [1.165, 1.54) is 20.3 Å². The van der Waals surface area contributed by atoms with Crippen LogP contribution in [0.25, 0.3) is 0 Å². The van der Waals surface area contributed by atoms with Crippen molar-refractivity contribution in [1.29, 1.82) is 0 Å². The second-order valence-electron chi connectivity index (χ2n) is 10.4. The summed E-state index contributed by atoms with van der Waals surface area (Å²) in [5, 5.41) is 11.8. The van der Waals surface area contributed by atoms with E-state index in [9.17, 15) is 19.2 Å². The van der Waals surface area contributed by atoms with Crippen LogP contribution in [0, 0.1) is 5.92 Å². The molecule has 1 aliphatic rings. The highest BCUT2D eigenvalue weighted by Gasteiger charge is 2.50. The first-order chi connectivity index (χ1) is 19.1. The number of nitrogens with one attached hydrogen (secondary N) is 3. The van der Waals surface area contributed by atoms with E-state index in [1.54, 1.807) is 6.92 Å². The topological polar surface area (TPSA) is 161 Å². The molecule has 4 atom stereocenters. The number of Topliss-reactive ketones (excluding diaryl/α,β-unsaturated/α-hetero) is 1. The van der Waals surface area contributed by atoms with Gasteiger partial charge in [-0.05, 0) is 24.8 Å². The highest BCUT2D eigenvalue weighted by molar-refractivity contribution is 5.99. The van der Waals surface area contributed by atoms with Crippen molar-refractivity contribution in [3.63, 3.8) is 0 Å². The van der Waals surface area contributed by atoms with Crippen molar-refractivity contribution in [1.82, 2.24) is 21.1 Å². The molecule has 0 radical (unpaired) electrons. The minimum Gasteiger partial charge on any atom is -0.382 e. The number of epoxide rings is 1. The van der Waals surface area contributed by atoms with Gasteiger partial charge in [0.15, 0.2) is 17.2 Å². The average molecular weight is 559 g/mol. The zero-order chi connectivity index (χ0) is 29.3. The van der Waals surface area contributed by atoms with E-state index in [1.807, 2.05) is 44.2 Å². The van der Waals surface area contributed by atoms with Gasteiger partial charge in [-0.2, -0.15) is 0 Å². The second-order valence-corrected chi connectivity index (χ2v) is 10.4. The van der Waals surface area contributed by atoms with Gasteiger partial charge in [-0.15, -0.1) is 0 Å². The minimum absolute atomic E-state index is 0.0367. The number of ketones is 1. The number of nitrogens with zero attached hydrogens (tertiary/aromatic N) is 1. The van der Waals surface area contributed by atoms with E-state index in [2.05, 4.69) is 21.1 Å². The number of hydrogen-bond donors (Lipinski definition) is 3. The first kappa shape index (κ1) is 30.9. The third-order valence-electron chi connectivity index (χ3n) is 6.39. The lowest BCUT2D eigenvalue weighted by molar-refractivity contribution is -0.133. The fourth-order valence-corrected chi connectivity index (χ4v) is 4.14. The van der Waals surface area contributed by atoms with E-state index < -0.39 is 41.4 Å². The number of amides is 3. The summed E-state index contributed by atoms with van der Waals surface area (Å²) >= 11 is 0. The van der Waals surface area contributed by atoms with Crippen LogP contribution in [0.15, 0.2) is 40.9 Å². The summed E-state index contributed by atoms with van der Waals surface area (Å²) < 4.78 is 20.5. The van der Waals surface area contributed by atoms with Crippen LogP contribution < -0.4 is 16.0 Å². The smallest absolute Gasteiger partial charge is 0.274 e. The number of carbonyl (C=O) groups excluding carboxylic acids is 4. The van der Waals surface area contributed by atoms with E-state index >= 15 is 0 Å². The van der Waals surface area contributed by atoms with Crippen LogP contribution in [0.2, 0.25) is 0 Å². The van der Waals surface area contributed by atoms with Gasteiger partial charge < -0.3 is 34.7 Å². The van der Waals surface area contributed by atoms with Gasteiger partial charge in [0.1, 0.15) is 24.3 Å². The molecule has 3 rings (SSSR count). The fourth-order valence-electron chi connectivity index (χ4n) is 4.14. The number of ether oxygens (including phenoxy) is 3. The van der Waals surface area contributed by atoms with Crippen LogP contribution in [0.1, 0.15) is 49.0 Å². The van der Waals surface area contributed by atoms with Crippen LogP contribution in [-0.4, -0.2) is 79.8 Å². The Hall–Kier alpha value is -3.61. The molecule has 0 aliphatic carbocycles. The first-order valence-electron chi connectivity index (χ1n) is 13.1. The molecular formula is C28H38N4O8. The predicted octanol–water partition coefficient (Wildman–Crippen LogP) is 1.18. The molecule has 1 aromatic heterocycles. The van der Waals surface area contributed by atoms with Gasteiger partial charge in [0.25, 0.3) is 5.91 Å². The van der Waals surface area contributed by atoms with Crippen LogP contribution in [0.5, 0.6) is 0 Å². The number of carbonyl (C=O) groups is 4. The van der Waals surface area contributed by atoms with Crippen LogP contribution in [-0.2, 0) is 41.6 Å². The van der Waals surface area contributed by atoms with Crippen molar-refractivity contribution in [3.8, 4) is 0 Å². The highest BCUT2D eigenvalue weighted by atomic mass is 16.6. The molecule has 12 nitrogen and oxygen atoms in total. The molecule has 1 fully saturated rings. The molecule has 218 valence electrons. The Morgan fingerprint density at radius 2 is 1.62 bits per heavy atom. The van der Waals surface area contributed by atoms with Crippen LogP contribution in [0.3, 0.4) is 0 Å². The largest absolute Gasteiger partial charge is 0.382 e. The monoisotopic (exact) mass is 558 g/mol. The van der Waals surface area contributed by atoms with E-state index in [0.717, 1.165) is 5.56 Å². The van der Waals surface area contributed by atoms with Gasteiger partial charge in [-0.3, -0.25) is 19.2 Å². The van der Waals surface area contributed by atoms with Gasteiger partial charge >= 0.3 is 0 Å². The lowest BCUT2D eigenvalue weighted by Crippen LogP contribution is -2.58. The third kappa shape index (κ3) is 8.70. The van der Waals surface area contributed by atoms with Gasteiger partial charge in [-0.25, -0.2) is 0 Å². The zero-order valence-corrected chi connectivity index (χ0v) is 23.5. The van der Waals surface area contributed by atoms with Crippen molar-refractivity contribution in [2.24, 2.45) is 5.92 Å². The number of aromatic nitrogens is 1. The van der Waals surface area contributed by atoms with E-state index in [0.29, 0.717) is 18.8 Å². The number of methoxy groups -OCH3 is 2. The molecule has 2 heterocycles. The Balaban J connectivity index is 1.77. The maximum absolute atomic E-state index is 13.5. The Kier molecular flexibility index (Phi) is 10.9. The molecule has 0 bridgehead atoms. The quantitative estimate of drug-likeness (QED) is 0.257. The lowest BCUT2D eigenvalue weighted by atomic mass is 9.93. The molecule has 3 N–H and O–H groups in total. The maximum atomic E-state index is 13.5. The van der Waals surface area contributed by atoms with Crippen molar-refractivity contribution in [2.75, 3.05) is 27.4 Å². The Labute approximate surface area is 233 Å². The van der Waals surface area contributed by atoms with Crippen molar-refractivity contribution >= 4 is 23.5 Å². The summed E-state index contributed by atoms with van der Waals surface area (Å²) in [5.41, 5.74) is -0.151. The fraction of sp³-hybridized carbons (Fsp3) is 0.536. The Morgan fingerprint density at radius 1 is 0.975 bits per heavy atom. The summed E-state index contributed by atoms with van der Waals surface area (Å²) in [6.07, 6.45) is 0.576. The van der Waals surface area contributed by atoms with Gasteiger partial charge in [0.05, 0.1) is 19.3 Å². The normalized spacial score (nSPS) is 18.4.